The van der Waals surface area contributed by atoms with Crippen molar-refractivity contribution < 1.29 is 4.84 Å². The first-order chi connectivity index (χ1) is 9.26. The van der Waals surface area contributed by atoms with E-state index in [0.29, 0.717) is 0 Å². The summed E-state index contributed by atoms with van der Waals surface area (Å²) in [4.78, 5) is 9.41. The van der Waals surface area contributed by atoms with Gasteiger partial charge in [-0.15, -0.1) is 5.48 Å². The van der Waals surface area contributed by atoms with E-state index >= 15 is 0 Å². The Kier molecular flexibility index (Phi) is 3.53. The number of hydroxylamine groups is 1. The van der Waals surface area contributed by atoms with E-state index in [-0.39, 0.29) is 0 Å². The molecule has 2 N–H and O–H groups in total. The van der Waals surface area contributed by atoms with Crippen LogP contribution in [0, 0.1) is 5.92 Å². The number of nitrogens with zero attached hydrogens (tertiary/aromatic N) is 1. The second-order valence-corrected chi connectivity index (χ2v) is 5.62. The largest absolute Gasteiger partial charge is 0.394 e. The molecular formula is C15H21N3O. The fourth-order valence-electron chi connectivity index (χ4n) is 2.85. The zero-order valence-corrected chi connectivity index (χ0v) is 11.4. The Bertz CT molecular complexity index is 468. The monoisotopic (exact) mass is 259 g/mol. The van der Waals surface area contributed by atoms with Crippen molar-refractivity contribution in [2.24, 2.45) is 10.9 Å². The Morgan fingerprint density at radius 2 is 2.21 bits per heavy atom. The highest BCUT2D eigenvalue weighted by Gasteiger charge is 2.29. The second kappa shape index (κ2) is 5.31. The minimum atomic E-state index is -0.440. The summed E-state index contributed by atoms with van der Waals surface area (Å²) in [6, 6.07) is 8.69. The first-order valence-electron chi connectivity index (χ1n) is 7.03. The lowest BCUT2D eigenvalue weighted by Gasteiger charge is -2.24. The molecule has 2 aliphatic rings. The second-order valence-electron chi connectivity index (χ2n) is 5.62. The third kappa shape index (κ3) is 2.80. The summed E-state index contributed by atoms with van der Waals surface area (Å²) >= 11 is 0. The molecule has 0 radical (unpaired) electrons. The summed E-state index contributed by atoms with van der Waals surface area (Å²) < 4.78 is 0. The van der Waals surface area contributed by atoms with Crippen molar-refractivity contribution in [2.45, 2.75) is 31.8 Å². The predicted octanol–water partition coefficient (Wildman–Crippen LogP) is 1.96. The van der Waals surface area contributed by atoms with Gasteiger partial charge < -0.3 is 10.2 Å². The van der Waals surface area contributed by atoms with Gasteiger partial charge >= 0.3 is 0 Å². The Morgan fingerprint density at radius 1 is 1.37 bits per heavy atom. The van der Waals surface area contributed by atoms with E-state index in [4.69, 9.17) is 4.84 Å². The maximum atomic E-state index is 5.05. The van der Waals surface area contributed by atoms with Gasteiger partial charge in [0.25, 0.3) is 0 Å². The third-order valence-electron chi connectivity index (χ3n) is 4.09. The molecule has 0 aliphatic carbocycles. The van der Waals surface area contributed by atoms with Gasteiger partial charge in [-0.1, -0.05) is 24.3 Å². The van der Waals surface area contributed by atoms with Gasteiger partial charge in [-0.25, -0.2) is 4.99 Å². The fraction of sp³-hybridized carbons (Fsp3) is 0.533. The molecule has 3 rings (SSSR count). The molecule has 19 heavy (non-hydrogen) atoms. The van der Waals surface area contributed by atoms with Gasteiger partial charge in [0, 0.05) is 0 Å². The topological polar surface area (TPSA) is 45.7 Å². The van der Waals surface area contributed by atoms with Crippen LogP contribution >= 0.6 is 0 Å². The van der Waals surface area contributed by atoms with Crippen molar-refractivity contribution >= 4 is 6.40 Å². The highest BCUT2D eigenvalue weighted by Crippen LogP contribution is 2.27. The van der Waals surface area contributed by atoms with Crippen LogP contribution < -0.4 is 10.8 Å². The maximum Gasteiger partial charge on any atom is 0.198 e. The van der Waals surface area contributed by atoms with Gasteiger partial charge in [-0.2, -0.15) is 0 Å². The normalized spacial score (nSPS) is 27.4. The average Bonchev–Trinajstić information content (AvgIpc) is 2.89. The SMILES string of the molecule is CC1(c2cccc(CC3CCNCC3)c2)N=CON1. The number of benzene rings is 1. The van der Waals surface area contributed by atoms with Crippen LogP contribution in [0.2, 0.25) is 0 Å². The molecule has 4 nitrogen and oxygen atoms in total. The van der Waals surface area contributed by atoms with Crippen LogP contribution in [0.1, 0.15) is 30.9 Å². The van der Waals surface area contributed by atoms with Crippen LogP contribution in [-0.2, 0) is 16.9 Å². The number of rotatable bonds is 3. The third-order valence-corrected chi connectivity index (χ3v) is 4.09. The lowest BCUT2D eigenvalue weighted by Crippen LogP contribution is -2.32. The standard InChI is InChI=1S/C15H21N3O/c1-15(17-11-19-18-15)14-4-2-3-13(10-14)9-12-5-7-16-8-6-12/h2-4,10-12,16,18H,5-9H2,1H3. The Balaban J connectivity index is 1.74. The number of piperidine rings is 1. The van der Waals surface area contributed by atoms with Crippen molar-refractivity contribution in [3.8, 4) is 0 Å². The van der Waals surface area contributed by atoms with E-state index in [0.717, 1.165) is 31.0 Å². The number of hydrogen-bond donors (Lipinski definition) is 2. The fourth-order valence-corrected chi connectivity index (χ4v) is 2.85. The summed E-state index contributed by atoms with van der Waals surface area (Å²) in [5.41, 5.74) is 5.07. The van der Waals surface area contributed by atoms with Crippen molar-refractivity contribution in [1.29, 1.82) is 0 Å². The first-order valence-corrected chi connectivity index (χ1v) is 7.03. The molecule has 102 valence electrons. The Hall–Kier alpha value is -1.39. The van der Waals surface area contributed by atoms with Gasteiger partial charge in [0.05, 0.1) is 0 Å². The highest BCUT2D eigenvalue weighted by molar-refractivity contribution is 5.50. The van der Waals surface area contributed by atoms with Crippen molar-refractivity contribution in [1.82, 2.24) is 10.8 Å². The molecule has 1 saturated heterocycles. The summed E-state index contributed by atoms with van der Waals surface area (Å²) in [5, 5.41) is 3.42. The first kappa shape index (κ1) is 12.6. The number of nitrogens with one attached hydrogen (secondary N) is 2. The molecule has 1 unspecified atom stereocenters. The molecule has 0 amide bonds. The molecule has 0 aromatic heterocycles. The molecule has 4 heteroatoms. The molecule has 1 atom stereocenters. The van der Waals surface area contributed by atoms with Crippen LogP contribution in [0.5, 0.6) is 0 Å². The van der Waals surface area contributed by atoms with E-state index < -0.39 is 5.66 Å². The van der Waals surface area contributed by atoms with E-state index in [1.54, 1.807) is 0 Å². The zero-order chi connectivity index (χ0) is 13.1. The van der Waals surface area contributed by atoms with Gasteiger partial charge in [0.2, 0.25) is 0 Å². The lowest BCUT2D eigenvalue weighted by molar-refractivity contribution is 0.134. The molecular weight excluding hydrogens is 238 g/mol. The molecule has 0 spiro atoms. The van der Waals surface area contributed by atoms with Crippen LogP contribution in [0.25, 0.3) is 0 Å². The smallest absolute Gasteiger partial charge is 0.198 e. The van der Waals surface area contributed by atoms with E-state index in [2.05, 4.69) is 40.1 Å². The minimum Gasteiger partial charge on any atom is -0.394 e. The summed E-state index contributed by atoms with van der Waals surface area (Å²) in [7, 11) is 0. The molecule has 1 aromatic carbocycles. The van der Waals surface area contributed by atoms with Crippen LogP contribution in [0.3, 0.4) is 0 Å². The van der Waals surface area contributed by atoms with Crippen LogP contribution in [0.15, 0.2) is 29.3 Å². The van der Waals surface area contributed by atoms with Crippen LogP contribution in [-0.4, -0.2) is 19.5 Å². The Morgan fingerprint density at radius 3 is 2.95 bits per heavy atom. The molecule has 1 aromatic rings. The van der Waals surface area contributed by atoms with Gasteiger partial charge in [-0.3, -0.25) is 0 Å². The quantitative estimate of drug-likeness (QED) is 0.872. The Labute approximate surface area is 114 Å². The van der Waals surface area contributed by atoms with Crippen LogP contribution in [0.4, 0.5) is 0 Å². The van der Waals surface area contributed by atoms with Gasteiger partial charge in [0.15, 0.2) is 12.1 Å². The summed E-state index contributed by atoms with van der Waals surface area (Å²) in [6.07, 6.45) is 5.19. The number of hydrogen-bond acceptors (Lipinski definition) is 4. The lowest BCUT2D eigenvalue weighted by atomic mass is 9.89. The summed E-state index contributed by atoms with van der Waals surface area (Å²) in [5.74, 6) is 0.806. The molecule has 1 fully saturated rings. The predicted molar refractivity (Wildman–Crippen MR) is 75.8 cm³/mol. The van der Waals surface area contributed by atoms with Crippen molar-refractivity contribution in [3.05, 3.63) is 35.4 Å². The van der Waals surface area contributed by atoms with Gasteiger partial charge in [-0.05, 0) is 56.3 Å². The molecule has 2 heterocycles. The zero-order valence-electron chi connectivity index (χ0n) is 11.4. The molecule has 0 bridgehead atoms. The highest BCUT2D eigenvalue weighted by atomic mass is 16.7. The summed E-state index contributed by atoms with van der Waals surface area (Å²) in [6.45, 7) is 4.34. The van der Waals surface area contributed by atoms with E-state index in [1.165, 1.54) is 24.8 Å². The van der Waals surface area contributed by atoms with Crippen molar-refractivity contribution in [2.75, 3.05) is 13.1 Å². The van der Waals surface area contributed by atoms with Crippen molar-refractivity contribution in [3.63, 3.8) is 0 Å². The van der Waals surface area contributed by atoms with E-state index in [9.17, 15) is 0 Å². The molecule has 2 aliphatic heterocycles. The number of aliphatic imine (C=N–C) groups is 1. The minimum absolute atomic E-state index is 0.440. The molecule has 0 saturated carbocycles. The van der Waals surface area contributed by atoms with Gasteiger partial charge in [0.1, 0.15) is 0 Å². The maximum absolute atomic E-state index is 5.05. The average molecular weight is 259 g/mol. The van der Waals surface area contributed by atoms with E-state index in [1.807, 2.05) is 6.92 Å².